The summed E-state index contributed by atoms with van der Waals surface area (Å²) in [6.45, 7) is 1.84. The molecule has 98 valence electrons. The monoisotopic (exact) mass is 270 g/mol. The zero-order valence-corrected chi connectivity index (χ0v) is 10.7. The van der Waals surface area contributed by atoms with Crippen molar-refractivity contribution in [2.75, 3.05) is 18.1 Å². The van der Waals surface area contributed by atoms with Gasteiger partial charge in [-0.15, -0.1) is 0 Å². The van der Waals surface area contributed by atoms with Crippen molar-refractivity contribution >= 4 is 15.7 Å². The molecule has 0 spiro atoms. The van der Waals surface area contributed by atoms with Crippen LogP contribution in [0.5, 0.6) is 5.75 Å². The first-order valence-corrected chi connectivity index (χ1v) is 7.37. The average Bonchev–Trinajstić information content (AvgIpc) is 2.27. The van der Waals surface area contributed by atoms with Gasteiger partial charge >= 0.3 is 0 Å². The van der Waals surface area contributed by atoms with E-state index < -0.39 is 9.84 Å². The molecule has 0 radical (unpaired) electrons. The molecule has 1 atom stereocenters. The zero-order chi connectivity index (χ0) is 13.3. The lowest BCUT2D eigenvalue weighted by Crippen LogP contribution is -2.49. The maximum absolute atomic E-state index is 12.2. The molecule has 1 saturated heterocycles. The number of nitrogens with zero attached hydrogens (tertiary/aromatic N) is 2. The number of carbonyl (C=O) groups is 1. The Balaban J connectivity index is 2.23. The Hall–Kier alpha value is -1.63. The van der Waals surface area contributed by atoms with Crippen LogP contribution in [0.2, 0.25) is 0 Å². The maximum Gasteiger partial charge on any atom is 0.258 e. The molecule has 2 rings (SSSR count). The summed E-state index contributed by atoms with van der Waals surface area (Å²) in [6, 6.07) is 1.04. The highest BCUT2D eigenvalue weighted by atomic mass is 32.2. The molecule has 0 bridgehead atoms. The molecular weight excluding hydrogens is 256 g/mol. The molecule has 6 nitrogen and oxygen atoms in total. The summed E-state index contributed by atoms with van der Waals surface area (Å²) in [5.41, 5.74) is 0.149. The van der Waals surface area contributed by atoms with Crippen LogP contribution in [-0.4, -0.2) is 53.4 Å². The van der Waals surface area contributed by atoms with Gasteiger partial charge in [0.25, 0.3) is 5.91 Å². The van der Waals surface area contributed by atoms with Crippen molar-refractivity contribution in [2.24, 2.45) is 0 Å². The molecule has 1 aliphatic rings. The van der Waals surface area contributed by atoms with E-state index in [1.807, 2.05) is 0 Å². The number of aromatic nitrogens is 1. The van der Waals surface area contributed by atoms with Gasteiger partial charge < -0.3 is 10.0 Å². The number of hydrogen-bond donors (Lipinski definition) is 1. The SMILES string of the molecule is CC1CS(=O)(=O)CCN1C(=O)c1ccncc1O. The number of sulfone groups is 1. The van der Waals surface area contributed by atoms with Crippen molar-refractivity contribution < 1.29 is 18.3 Å². The third kappa shape index (κ3) is 2.45. The summed E-state index contributed by atoms with van der Waals surface area (Å²) in [4.78, 5) is 17.4. The lowest BCUT2D eigenvalue weighted by Gasteiger charge is -2.33. The fourth-order valence-corrected chi connectivity index (χ4v) is 3.58. The first-order chi connectivity index (χ1) is 8.41. The summed E-state index contributed by atoms with van der Waals surface area (Å²) in [5.74, 6) is -0.625. The number of hydrogen-bond acceptors (Lipinski definition) is 5. The van der Waals surface area contributed by atoms with Gasteiger partial charge in [0.2, 0.25) is 0 Å². The first-order valence-electron chi connectivity index (χ1n) is 5.55. The second-order valence-electron chi connectivity index (χ2n) is 4.35. The van der Waals surface area contributed by atoms with Crippen LogP contribution < -0.4 is 0 Å². The fraction of sp³-hybridized carbons (Fsp3) is 0.455. The lowest BCUT2D eigenvalue weighted by molar-refractivity contribution is 0.0709. The van der Waals surface area contributed by atoms with Crippen LogP contribution in [0.3, 0.4) is 0 Å². The van der Waals surface area contributed by atoms with E-state index in [0.717, 1.165) is 0 Å². The van der Waals surface area contributed by atoms with Gasteiger partial charge in [-0.1, -0.05) is 0 Å². The van der Waals surface area contributed by atoms with Gasteiger partial charge in [0.1, 0.15) is 5.75 Å². The molecule has 1 N–H and O–H groups in total. The van der Waals surface area contributed by atoms with E-state index in [1.165, 1.54) is 23.4 Å². The Morgan fingerprint density at radius 3 is 2.89 bits per heavy atom. The fourth-order valence-electron chi connectivity index (χ4n) is 2.02. The van der Waals surface area contributed by atoms with E-state index in [1.54, 1.807) is 6.92 Å². The number of amides is 1. The predicted octanol–water partition coefficient (Wildman–Crippen LogP) is 0.0463. The van der Waals surface area contributed by atoms with Crippen LogP contribution in [-0.2, 0) is 9.84 Å². The van der Waals surface area contributed by atoms with Gasteiger partial charge in [0.05, 0.1) is 23.3 Å². The highest BCUT2D eigenvalue weighted by Gasteiger charge is 2.32. The lowest BCUT2D eigenvalue weighted by atomic mass is 10.2. The Bertz CT molecular complexity index is 570. The van der Waals surface area contributed by atoms with Gasteiger partial charge in [0.15, 0.2) is 9.84 Å². The number of rotatable bonds is 1. The van der Waals surface area contributed by atoms with Crippen LogP contribution >= 0.6 is 0 Å². The molecule has 0 aliphatic carbocycles. The smallest absolute Gasteiger partial charge is 0.258 e. The largest absolute Gasteiger partial charge is 0.505 e. The predicted molar refractivity (Wildman–Crippen MR) is 65.1 cm³/mol. The molecule has 1 unspecified atom stereocenters. The molecule has 18 heavy (non-hydrogen) atoms. The van der Waals surface area contributed by atoms with Crippen molar-refractivity contribution in [2.45, 2.75) is 13.0 Å². The molecule has 1 aromatic rings. The third-order valence-electron chi connectivity index (χ3n) is 2.96. The highest BCUT2D eigenvalue weighted by molar-refractivity contribution is 7.91. The minimum atomic E-state index is -3.06. The van der Waals surface area contributed by atoms with E-state index >= 15 is 0 Å². The quantitative estimate of drug-likeness (QED) is 0.779. The van der Waals surface area contributed by atoms with E-state index in [2.05, 4.69) is 4.98 Å². The van der Waals surface area contributed by atoms with Crippen molar-refractivity contribution in [3.8, 4) is 5.75 Å². The van der Waals surface area contributed by atoms with Crippen LogP contribution in [0.1, 0.15) is 17.3 Å². The van der Waals surface area contributed by atoms with Crippen molar-refractivity contribution in [3.63, 3.8) is 0 Å². The van der Waals surface area contributed by atoms with E-state index in [9.17, 15) is 18.3 Å². The van der Waals surface area contributed by atoms with Crippen LogP contribution in [0.4, 0.5) is 0 Å². The summed E-state index contributed by atoms with van der Waals surface area (Å²) in [5, 5.41) is 9.57. The van der Waals surface area contributed by atoms with Crippen molar-refractivity contribution in [1.82, 2.24) is 9.88 Å². The third-order valence-corrected chi connectivity index (χ3v) is 4.76. The van der Waals surface area contributed by atoms with Gasteiger partial charge in [-0.3, -0.25) is 9.78 Å². The summed E-state index contributed by atoms with van der Waals surface area (Å²) < 4.78 is 22.9. The van der Waals surface area contributed by atoms with E-state index in [4.69, 9.17) is 0 Å². The molecule has 1 fully saturated rings. The Morgan fingerprint density at radius 2 is 2.28 bits per heavy atom. The second-order valence-corrected chi connectivity index (χ2v) is 6.58. The van der Waals surface area contributed by atoms with Crippen LogP contribution in [0, 0.1) is 0 Å². The number of aromatic hydroxyl groups is 1. The van der Waals surface area contributed by atoms with E-state index in [0.29, 0.717) is 0 Å². The normalized spacial score (nSPS) is 22.7. The first kappa shape index (κ1) is 12.8. The minimum Gasteiger partial charge on any atom is -0.505 e. The number of carbonyl (C=O) groups excluding carboxylic acids is 1. The van der Waals surface area contributed by atoms with Crippen LogP contribution in [0.15, 0.2) is 18.5 Å². The molecule has 7 heteroatoms. The Labute approximate surface area is 105 Å². The number of pyridine rings is 1. The zero-order valence-electron chi connectivity index (χ0n) is 9.91. The van der Waals surface area contributed by atoms with Gasteiger partial charge in [-0.25, -0.2) is 8.42 Å². The molecule has 2 heterocycles. The molecule has 0 aromatic carbocycles. The van der Waals surface area contributed by atoms with Gasteiger partial charge in [-0.05, 0) is 13.0 Å². The van der Waals surface area contributed by atoms with Gasteiger partial charge in [0, 0.05) is 18.8 Å². The van der Waals surface area contributed by atoms with E-state index in [-0.39, 0.29) is 41.3 Å². The summed E-state index contributed by atoms with van der Waals surface area (Å²) in [7, 11) is -3.06. The molecule has 0 saturated carbocycles. The average molecular weight is 270 g/mol. The van der Waals surface area contributed by atoms with Crippen molar-refractivity contribution in [3.05, 3.63) is 24.0 Å². The van der Waals surface area contributed by atoms with Crippen molar-refractivity contribution in [1.29, 1.82) is 0 Å². The second kappa shape index (κ2) is 4.56. The topological polar surface area (TPSA) is 87.6 Å². The Morgan fingerprint density at radius 1 is 1.56 bits per heavy atom. The molecule has 1 aromatic heterocycles. The maximum atomic E-state index is 12.2. The summed E-state index contributed by atoms with van der Waals surface area (Å²) in [6.07, 6.45) is 2.61. The molecule has 1 amide bonds. The standard InChI is InChI=1S/C11H14N2O4S/c1-8-7-18(16,17)5-4-13(8)11(15)9-2-3-12-6-10(9)14/h2-3,6,8,14H,4-5,7H2,1H3. The minimum absolute atomic E-state index is 0.0328. The van der Waals surface area contributed by atoms with Gasteiger partial charge in [-0.2, -0.15) is 0 Å². The van der Waals surface area contributed by atoms with Crippen LogP contribution in [0.25, 0.3) is 0 Å². The molecular formula is C11H14N2O4S. The molecule has 1 aliphatic heterocycles. The Kier molecular flexibility index (Phi) is 3.25. The highest BCUT2D eigenvalue weighted by Crippen LogP contribution is 2.20. The summed E-state index contributed by atoms with van der Waals surface area (Å²) >= 11 is 0.